The van der Waals surface area contributed by atoms with Crippen molar-refractivity contribution in [3.8, 4) is 5.75 Å². The van der Waals surface area contributed by atoms with Crippen molar-refractivity contribution in [1.29, 1.82) is 0 Å². The molecule has 1 rings (SSSR count). The molecule has 0 amide bonds. The molecule has 102 valence electrons. The van der Waals surface area contributed by atoms with E-state index in [-0.39, 0.29) is 11.6 Å². The van der Waals surface area contributed by atoms with Crippen LogP contribution in [-0.4, -0.2) is 22.4 Å². The highest BCUT2D eigenvalue weighted by molar-refractivity contribution is 5.72. The smallest absolute Gasteiger partial charge is 0.321 e. The lowest BCUT2D eigenvalue weighted by atomic mass is 10.2. The average molecular weight is 269 g/mol. The second-order valence-corrected chi connectivity index (χ2v) is 3.30. The lowest BCUT2D eigenvalue weighted by molar-refractivity contribution is -0.394. The van der Waals surface area contributed by atoms with Gasteiger partial charge in [0.05, 0.1) is 22.5 Å². The summed E-state index contributed by atoms with van der Waals surface area (Å²) < 4.78 is 4.97. The number of benzene rings is 1. The molecule has 0 unspecified atom stereocenters. The Kier molecular flexibility index (Phi) is 4.75. The van der Waals surface area contributed by atoms with E-state index in [0.29, 0.717) is 6.61 Å². The summed E-state index contributed by atoms with van der Waals surface area (Å²) in [5.41, 5.74) is -0.938. The lowest BCUT2D eigenvalue weighted by Gasteiger charge is -2.03. The Morgan fingerprint density at radius 2 is 2.00 bits per heavy atom. The minimum atomic E-state index is -0.784. The molecule has 0 aromatic heterocycles. The summed E-state index contributed by atoms with van der Waals surface area (Å²) in [5, 5.41) is 24.8. The van der Waals surface area contributed by atoms with Gasteiger partial charge < -0.3 is 9.57 Å². The van der Waals surface area contributed by atoms with Gasteiger partial charge >= 0.3 is 5.69 Å². The van der Waals surface area contributed by atoms with Crippen LogP contribution < -0.4 is 4.84 Å². The van der Waals surface area contributed by atoms with E-state index in [4.69, 9.17) is 9.57 Å². The van der Waals surface area contributed by atoms with Crippen molar-refractivity contribution >= 4 is 17.3 Å². The zero-order valence-electron chi connectivity index (χ0n) is 10.2. The van der Waals surface area contributed by atoms with Gasteiger partial charge in [0.25, 0.3) is 5.69 Å². The first-order chi connectivity index (χ1) is 8.95. The van der Waals surface area contributed by atoms with Gasteiger partial charge in [-0.1, -0.05) is 0 Å². The molecule has 19 heavy (non-hydrogen) atoms. The number of hydrogen-bond donors (Lipinski definition) is 0. The summed E-state index contributed by atoms with van der Waals surface area (Å²) in [7, 11) is 0. The van der Waals surface area contributed by atoms with E-state index in [1.54, 1.807) is 6.92 Å². The molecule has 0 saturated carbocycles. The van der Waals surface area contributed by atoms with Crippen molar-refractivity contribution in [3.05, 3.63) is 38.4 Å². The highest BCUT2D eigenvalue weighted by Gasteiger charge is 2.21. The Morgan fingerprint density at radius 3 is 2.53 bits per heavy atom. The Balaban J connectivity index is 3.04. The van der Waals surface area contributed by atoms with Crippen LogP contribution in [0.4, 0.5) is 11.4 Å². The van der Waals surface area contributed by atoms with Crippen LogP contribution in [0, 0.1) is 20.2 Å². The van der Waals surface area contributed by atoms with Crippen molar-refractivity contribution in [2.24, 2.45) is 5.16 Å². The van der Waals surface area contributed by atoms with Crippen LogP contribution >= 0.6 is 0 Å². The first kappa shape index (κ1) is 14.4. The van der Waals surface area contributed by atoms with Crippen molar-refractivity contribution in [1.82, 2.24) is 0 Å². The monoisotopic (exact) mass is 269 g/mol. The normalized spacial score (nSPS) is 10.9. The molecule has 9 heteroatoms. The number of non-ortho nitro benzene ring substituents is 1. The molecule has 1 aromatic rings. The van der Waals surface area contributed by atoms with Crippen LogP contribution in [0.1, 0.15) is 13.8 Å². The maximum atomic E-state index is 10.8. The molecule has 0 N–H and O–H groups in total. The minimum absolute atomic E-state index is 0.190. The third-order valence-corrected chi connectivity index (χ3v) is 1.98. The molecule has 0 atom stereocenters. The fourth-order valence-corrected chi connectivity index (χ4v) is 1.19. The molecule has 0 aliphatic carbocycles. The molecule has 0 heterocycles. The predicted octanol–water partition coefficient (Wildman–Crippen LogP) is 2.25. The van der Waals surface area contributed by atoms with Crippen LogP contribution in [0.5, 0.6) is 5.75 Å². The molecule has 0 fully saturated rings. The highest BCUT2D eigenvalue weighted by atomic mass is 16.7. The Morgan fingerprint density at radius 1 is 1.32 bits per heavy atom. The van der Waals surface area contributed by atoms with E-state index in [1.807, 2.05) is 0 Å². The van der Waals surface area contributed by atoms with Gasteiger partial charge in [-0.05, 0) is 18.1 Å². The van der Waals surface area contributed by atoms with E-state index < -0.39 is 21.2 Å². The fraction of sp³-hybridized carbons (Fsp3) is 0.300. The fourth-order valence-electron chi connectivity index (χ4n) is 1.19. The third-order valence-electron chi connectivity index (χ3n) is 1.98. The standard InChI is InChI=1S/C10H11N3O6/c1-3-18-7(2)11-19-10-5-4-8(12(14)15)6-9(10)13(16)17/h4-6H,3H2,1-2H3. The number of rotatable bonds is 5. The second-order valence-electron chi connectivity index (χ2n) is 3.30. The quantitative estimate of drug-likeness (QED) is 0.350. The number of nitro groups is 2. The molecular weight excluding hydrogens is 258 g/mol. The minimum Gasteiger partial charge on any atom is -0.479 e. The van der Waals surface area contributed by atoms with E-state index in [9.17, 15) is 20.2 Å². The molecule has 0 bridgehead atoms. The first-order valence-corrected chi connectivity index (χ1v) is 5.23. The lowest BCUT2D eigenvalue weighted by Crippen LogP contribution is -2.02. The van der Waals surface area contributed by atoms with Crippen molar-refractivity contribution < 1.29 is 19.4 Å². The number of nitrogens with zero attached hydrogens (tertiary/aromatic N) is 3. The maximum absolute atomic E-state index is 10.8. The molecule has 0 spiro atoms. The van der Waals surface area contributed by atoms with Crippen LogP contribution in [0.3, 0.4) is 0 Å². The van der Waals surface area contributed by atoms with Crippen LogP contribution in [0.15, 0.2) is 23.4 Å². The summed E-state index contributed by atoms with van der Waals surface area (Å²) in [6.07, 6.45) is 0. The van der Waals surface area contributed by atoms with E-state index in [0.717, 1.165) is 18.2 Å². The topological polar surface area (TPSA) is 117 Å². The first-order valence-electron chi connectivity index (χ1n) is 5.23. The third kappa shape index (κ3) is 3.91. The molecule has 0 radical (unpaired) electrons. The molecular formula is C10H11N3O6. The SMILES string of the molecule is CCOC(C)=NOc1ccc([N+](=O)[O-])cc1[N+](=O)[O-]. The Labute approximate surface area is 107 Å². The summed E-state index contributed by atoms with van der Waals surface area (Å²) in [4.78, 5) is 24.7. The average Bonchev–Trinajstić information content (AvgIpc) is 2.36. The summed E-state index contributed by atoms with van der Waals surface area (Å²) in [5.74, 6) is -0.00944. The second kappa shape index (κ2) is 6.28. The summed E-state index contributed by atoms with van der Waals surface area (Å²) in [6.45, 7) is 3.63. The van der Waals surface area contributed by atoms with Gasteiger partial charge in [-0.15, -0.1) is 0 Å². The zero-order chi connectivity index (χ0) is 14.4. The molecule has 0 aliphatic rings. The van der Waals surface area contributed by atoms with Gasteiger partial charge in [-0.25, -0.2) is 0 Å². The van der Waals surface area contributed by atoms with Gasteiger partial charge in [-0.3, -0.25) is 20.2 Å². The summed E-state index contributed by atoms with van der Waals surface area (Å²) >= 11 is 0. The van der Waals surface area contributed by atoms with Crippen molar-refractivity contribution in [2.45, 2.75) is 13.8 Å². The molecule has 0 aliphatic heterocycles. The Bertz CT molecular complexity index is 528. The number of ether oxygens (including phenoxy) is 1. The Hall–Kier alpha value is -2.71. The largest absolute Gasteiger partial charge is 0.479 e. The van der Waals surface area contributed by atoms with E-state index in [2.05, 4.69) is 5.16 Å². The predicted molar refractivity (Wildman–Crippen MR) is 65.1 cm³/mol. The van der Waals surface area contributed by atoms with Crippen molar-refractivity contribution in [3.63, 3.8) is 0 Å². The van der Waals surface area contributed by atoms with Gasteiger partial charge in [0.2, 0.25) is 11.6 Å². The van der Waals surface area contributed by atoms with Gasteiger partial charge in [-0.2, -0.15) is 0 Å². The molecule has 0 saturated heterocycles. The van der Waals surface area contributed by atoms with Crippen LogP contribution in [-0.2, 0) is 4.74 Å². The highest BCUT2D eigenvalue weighted by Crippen LogP contribution is 2.31. The number of hydrogen-bond acceptors (Lipinski definition) is 7. The number of oxime groups is 1. The zero-order valence-corrected chi connectivity index (χ0v) is 10.2. The molecule has 9 nitrogen and oxygen atoms in total. The maximum Gasteiger partial charge on any atom is 0.321 e. The van der Waals surface area contributed by atoms with E-state index >= 15 is 0 Å². The van der Waals surface area contributed by atoms with Crippen LogP contribution in [0.2, 0.25) is 0 Å². The molecule has 1 aromatic carbocycles. The number of nitro benzene ring substituents is 2. The van der Waals surface area contributed by atoms with Crippen LogP contribution in [0.25, 0.3) is 0 Å². The van der Waals surface area contributed by atoms with Gasteiger partial charge in [0.15, 0.2) is 0 Å². The van der Waals surface area contributed by atoms with Crippen molar-refractivity contribution in [2.75, 3.05) is 6.61 Å². The van der Waals surface area contributed by atoms with Gasteiger partial charge in [0.1, 0.15) is 0 Å². The van der Waals surface area contributed by atoms with Gasteiger partial charge in [0, 0.05) is 13.0 Å². The van der Waals surface area contributed by atoms with E-state index in [1.165, 1.54) is 6.92 Å². The summed E-state index contributed by atoms with van der Waals surface area (Å²) in [6, 6.07) is 3.01.